The first-order valence-electron chi connectivity index (χ1n) is 9.33. The summed E-state index contributed by atoms with van der Waals surface area (Å²) in [5.41, 5.74) is 1.91. The van der Waals surface area contributed by atoms with Gasteiger partial charge in [0.1, 0.15) is 0 Å². The topological polar surface area (TPSA) is 79.5 Å². The molecule has 7 heteroatoms. The van der Waals surface area contributed by atoms with Crippen LogP contribution in [-0.2, 0) is 16.0 Å². The lowest BCUT2D eigenvalue weighted by Gasteiger charge is -2.40. The van der Waals surface area contributed by atoms with Crippen LogP contribution in [-0.4, -0.2) is 57.4 Å². The van der Waals surface area contributed by atoms with Crippen LogP contribution in [0.15, 0.2) is 28.8 Å². The number of aromatic nitrogens is 2. The van der Waals surface area contributed by atoms with Crippen molar-refractivity contribution in [2.45, 2.75) is 40.2 Å². The van der Waals surface area contributed by atoms with Gasteiger partial charge in [-0.2, -0.15) is 4.98 Å². The summed E-state index contributed by atoms with van der Waals surface area (Å²) in [6.07, 6.45) is 0.0974. The number of carbonyl (C=O) groups excluding carboxylic acids is 2. The van der Waals surface area contributed by atoms with E-state index >= 15 is 0 Å². The fourth-order valence-corrected chi connectivity index (χ4v) is 3.34. The van der Waals surface area contributed by atoms with Gasteiger partial charge in [-0.25, -0.2) is 0 Å². The average Bonchev–Trinajstić information content (AvgIpc) is 3.09. The predicted octanol–water partition coefficient (Wildman–Crippen LogP) is 2.30. The van der Waals surface area contributed by atoms with E-state index in [1.165, 1.54) is 0 Å². The largest absolute Gasteiger partial charge is 0.338 e. The van der Waals surface area contributed by atoms with Crippen molar-refractivity contribution < 1.29 is 14.1 Å². The lowest BCUT2D eigenvalue weighted by Crippen LogP contribution is -2.56. The number of carbonyl (C=O) groups is 2. The van der Waals surface area contributed by atoms with E-state index in [2.05, 4.69) is 10.1 Å². The molecule has 1 aromatic heterocycles. The number of amides is 2. The van der Waals surface area contributed by atoms with Crippen molar-refractivity contribution in [1.29, 1.82) is 0 Å². The standard InChI is InChI=1S/C20H26N4O3/c1-13(2)20(26)24-10-9-23(12-15(24)4)18(25)11-17-21-19(27-22-17)16-8-6-5-7-14(16)3/h5-8,13,15H,9-12H2,1-4H3/t15-/m0/s1. The Morgan fingerprint density at radius 2 is 2.00 bits per heavy atom. The van der Waals surface area contributed by atoms with Crippen LogP contribution in [0.1, 0.15) is 32.2 Å². The van der Waals surface area contributed by atoms with Gasteiger partial charge in [0.05, 0.1) is 6.42 Å². The summed E-state index contributed by atoms with van der Waals surface area (Å²) in [5.74, 6) is 0.864. The van der Waals surface area contributed by atoms with Crippen LogP contribution in [0.4, 0.5) is 0 Å². The smallest absolute Gasteiger partial charge is 0.258 e. The highest BCUT2D eigenvalue weighted by Gasteiger charge is 2.31. The highest BCUT2D eigenvalue weighted by Crippen LogP contribution is 2.21. The highest BCUT2D eigenvalue weighted by molar-refractivity contribution is 5.80. The maximum atomic E-state index is 12.6. The van der Waals surface area contributed by atoms with Crippen molar-refractivity contribution in [3.63, 3.8) is 0 Å². The number of nitrogens with zero attached hydrogens (tertiary/aromatic N) is 4. The first-order chi connectivity index (χ1) is 12.9. The van der Waals surface area contributed by atoms with E-state index in [0.29, 0.717) is 31.3 Å². The van der Waals surface area contributed by atoms with Gasteiger partial charge < -0.3 is 14.3 Å². The summed E-state index contributed by atoms with van der Waals surface area (Å²) in [4.78, 5) is 32.9. The van der Waals surface area contributed by atoms with E-state index in [1.54, 1.807) is 4.90 Å². The fraction of sp³-hybridized carbons (Fsp3) is 0.500. The zero-order valence-electron chi connectivity index (χ0n) is 16.3. The molecule has 1 saturated heterocycles. The summed E-state index contributed by atoms with van der Waals surface area (Å²) in [6, 6.07) is 7.76. The molecule has 3 rings (SSSR count). The third-order valence-corrected chi connectivity index (χ3v) is 4.91. The quantitative estimate of drug-likeness (QED) is 0.825. The molecular formula is C20H26N4O3. The van der Waals surface area contributed by atoms with Crippen LogP contribution in [0.2, 0.25) is 0 Å². The lowest BCUT2D eigenvalue weighted by atomic mass is 10.1. The average molecular weight is 370 g/mol. The summed E-state index contributed by atoms with van der Waals surface area (Å²) >= 11 is 0. The Balaban J connectivity index is 1.62. The Hall–Kier alpha value is -2.70. The van der Waals surface area contributed by atoms with Crippen LogP contribution >= 0.6 is 0 Å². The molecule has 0 spiro atoms. The summed E-state index contributed by atoms with van der Waals surface area (Å²) in [6.45, 7) is 9.37. The van der Waals surface area contributed by atoms with E-state index < -0.39 is 0 Å². The predicted molar refractivity (Wildman–Crippen MR) is 101 cm³/mol. The number of piperazine rings is 1. The molecule has 1 fully saturated rings. The van der Waals surface area contributed by atoms with Crippen molar-refractivity contribution in [3.05, 3.63) is 35.7 Å². The third-order valence-electron chi connectivity index (χ3n) is 4.91. The fourth-order valence-electron chi connectivity index (χ4n) is 3.34. The molecule has 0 radical (unpaired) electrons. The summed E-state index contributed by atoms with van der Waals surface area (Å²) in [5, 5.41) is 3.96. The minimum absolute atomic E-state index is 0.00500. The zero-order valence-corrected chi connectivity index (χ0v) is 16.3. The maximum Gasteiger partial charge on any atom is 0.258 e. The molecule has 0 aliphatic carbocycles. The molecule has 0 bridgehead atoms. The van der Waals surface area contributed by atoms with E-state index in [4.69, 9.17) is 4.52 Å². The molecule has 1 aromatic carbocycles. The van der Waals surface area contributed by atoms with Crippen LogP contribution in [0, 0.1) is 12.8 Å². The SMILES string of the molecule is Cc1ccccc1-c1nc(CC(=O)N2CCN(C(=O)C(C)C)[C@@H](C)C2)no1. The van der Waals surface area contributed by atoms with Crippen molar-refractivity contribution in [1.82, 2.24) is 19.9 Å². The number of aryl methyl sites for hydroxylation is 1. The summed E-state index contributed by atoms with van der Waals surface area (Å²) < 4.78 is 5.33. The van der Waals surface area contributed by atoms with Gasteiger partial charge in [0.2, 0.25) is 11.8 Å². The second kappa shape index (κ2) is 7.90. The number of rotatable bonds is 4. The maximum absolute atomic E-state index is 12.6. The third kappa shape index (κ3) is 4.18. The molecule has 0 unspecified atom stereocenters. The second-order valence-corrected chi connectivity index (χ2v) is 7.38. The normalized spacial score (nSPS) is 17.4. The zero-order chi connectivity index (χ0) is 19.6. The lowest BCUT2D eigenvalue weighted by molar-refractivity contribution is -0.144. The van der Waals surface area contributed by atoms with E-state index in [0.717, 1.165) is 11.1 Å². The minimum Gasteiger partial charge on any atom is -0.338 e. The van der Waals surface area contributed by atoms with Crippen molar-refractivity contribution >= 4 is 11.8 Å². The molecular weight excluding hydrogens is 344 g/mol. The molecule has 1 atom stereocenters. The minimum atomic E-state index is -0.0457. The summed E-state index contributed by atoms with van der Waals surface area (Å²) in [7, 11) is 0. The highest BCUT2D eigenvalue weighted by atomic mass is 16.5. The Morgan fingerprint density at radius 3 is 2.67 bits per heavy atom. The molecule has 7 nitrogen and oxygen atoms in total. The van der Waals surface area contributed by atoms with Crippen LogP contribution in [0.3, 0.4) is 0 Å². The molecule has 0 saturated carbocycles. The second-order valence-electron chi connectivity index (χ2n) is 7.38. The number of hydrogen-bond donors (Lipinski definition) is 0. The Bertz CT molecular complexity index is 830. The van der Waals surface area contributed by atoms with Gasteiger partial charge in [-0.05, 0) is 25.5 Å². The molecule has 144 valence electrons. The van der Waals surface area contributed by atoms with Gasteiger partial charge in [0.25, 0.3) is 5.89 Å². The molecule has 2 amide bonds. The Kier molecular flexibility index (Phi) is 5.58. The molecule has 1 aliphatic heterocycles. The number of hydrogen-bond acceptors (Lipinski definition) is 5. The van der Waals surface area contributed by atoms with Crippen molar-refractivity contribution in [3.8, 4) is 11.5 Å². The van der Waals surface area contributed by atoms with Crippen molar-refractivity contribution in [2.75, 3.05) is 19.6 Å². The Labute approximate surface area is 159 Å². The molecule has 0 N–H and O–H groups in total. The first kappa shape index (κ1) is 19.1. The van der Waals surface area contributed by atoms with Gasteiger partial charge in [-0.15, -0.1) is 0 Å². The molecule has 1 aliphatic rings. The van der Waals surface area contributed by atoms with Gasteiger partial charge in [0.15, 0.2) is 5.82 Å². The van der Waals surface area contributed by atoms with Crippen molar-refractivity contribution in [2.24, 2.45) is 5.92 Å². The van der Waals surface area contributed by atoms with Gasteiger partial charge in [0, 0.05) is 37.2 Å². The molecule has 2 heterocycles. The number of benzene rings is 1. The van der Waals surface area contributed by atoms with E-state index in [-0.39, 0.29) is 30.2 Å². The monoisotopic (exact) mass is 370 g/mol. The van der Waals surface area contributed by atoms with Crippen LogP contribution in [0.5, 0.6) is 0 Å². The van der Waals surface area contributed by atoms with Gasteiger partial charge >= 0.3 is 0 Å². The van der Waals surface area contributed by atoms with E-state index in [1.807, 2.05) is 56.9 Å². The van der Waals surface area contributed by atoms with Crippen LogP contribution < -0.4 is 0 Å². The van der Waals surface area contributed by atoms with Gasteiger partial charge in [-0.1, -0.05) is 37.2 Å². The first-order valence-corrected chi connectivity index (χ1v) is 9.33. The van der Waals surface area contributed by atoms with Crippen LogP contribution in [0.25, 0.3) is 11.5 Å². The van der Waals surface area contributed by atoms with E-state index in [9.17, 15) is 9.59 Å². The Morgan fingerprint density at radius 1 is 1.26 bits per heavy atom. The van der Waals surface area contributed by atoms with Gasteiger partial charge in [-0.3, -0.25) is 9.59 Å². The molecule has 27 heavy (non-hydrogen) atoms. The molecule has 2 aromatic rings.